The number of carbonyl (C=O) groups excluding carboxylic acids is 1. The first-order valence-corrected chi connectivity index (χ1v) is 5.44. The van der Waals surface area contributed by atoms with Crippen LogP contribution in [0, 0.1) is 6.92 Å². The van der Waals surface area contributed by atoms with E-state index in [2.05, 4.69) is 11.4 Å². The summed E-state index contributed by atoms with van der Waals surface area (Å²) in [4.78, 5) is 11.6. The molecule has 0 bridgehead atoms. The van der Waals surface area contributed by atoms with E-state index in [-0.39, 0.29) is 11.9 Å². The number of carbonyl (C=O) groups is 1. The molecule has 0 aliphatic rings. The molecule has 0 radical (unpaired) electrons. The fraction of sp³-hybridized carbons (Fsp3) is 0.462. The summed E-state index contributed by atoms with van der Waals surface area (Å²) < 4.78 is 4.96. The Morgan fingerprint density at radius 1 is 1.38 bits per heavy atom. The molecule has 0 aliphatic heterocycles. The summed E-state index contributed by atoms with van der Waals surface area (Å²) in [6.45, 7) is 5.74. The van der Waals surface area contributed by atoms with Gasteiger partial charge in [-0.05, 0) is 26.3 Å². The highest BCUT2D eigenvalue weighted by Crippen LogP contribution is 2.13. The monoisotopic (exact) mass is 221 g/mol. The average molecular weight is 221 g/mol. The van der Waals surface area contributed by atoms with Crippen LogP contribution in [-0.4, -0.2) is 19.1 Å². The highest BCUT2D eigenvalue weighted by atomic mass is 16.5. The number of amides is 1. The highest BCUT2D eigenvalue weighted by molar-refractivity contribution is 5.80. The number of ether oxygens (including phenoxy) is 1. The minimum atomic E-state index is -0.410. The fourth-order valence-electron chi connectivity index (χ4n) is 1.46. The molecular formula is C13H19NO2. The number of aryl methyl sites for hydroxylation is 1. The minimum absolute atomic E-state index is 0.00463. The molecule has 1 aromatic carbocycles. The Morgan fingerprint density at radius 3 is 2.62 bits per heavy atom. The SMILES string of the molecule is COC(C)C(=O)N[C@H](C)c1cccc(C)c1. The van der Waals surface area contributed by atoms with Gasteiger partial charge in [-0.2, -0.15) is 0 Å². The maximum absolute atomic E-state index is 11.6. The van der Waals surface area contributed by atoms with Gasteiger partial charge in [-0.3, -0.25) is 4.79 Å². The van der Waals surface area contributed by atoms with Gasteiger partial charge in [-0.15, -0.1) is 0 Å². The maximum atomic E-state index is 11.6. The molecule has 3 heteroatoms. The van der Waals surface area contributed by atoms with E-state index in [4.69, 9.17) is 4.74 Å². The van der Waals surface area contributed by atoms with E-state index >= 15 is 0 Å². The Bertz CT molecular complexity index is 363. The summed E-state index contributed by atoms with van der Waals surface area (Å²) in [5.41, 5.74) is 2.30. The second-order valence-electron chi connectivity index (χ2n) is 4.02. The van der Waals surface area contributed by atoms with Gasteiger partial charge in [0.15, 0.2) is 0 Å². The zero-order valence-corrected chi connectivity index (χ0v) is 10.3. The van der Waals surface area contributed by atoms with Gasteiger partial charge in [-0.1, -0.05) is 29.8 Å². The summed E-state index contributed by atoms with van der Waals surface area (Å²) >= 11 is 0. The zero-order valence-electron chi connectivity index (χ0n) is 10.3. The van der Waals surface area contributed by atoms with Crippen LogP contribution in [0.25, 0.3) is 0 Å². The van der Waals surface area contributed by atoms with Crippen LogP contribution in [-0.2, 0) is 9.53 Å². The van der Waals surface area contributed by atoms with E-state index in [1.165, 1.54) is 12.7 Å². The highest BCUT2D eigenvalue weighted by Gasteiger charge is 2.15. The molecule has 3 nitrogen and oxygen atoms in total. The van der Waals surface area contributed by atoms with Crippen molar-refractivity contribution >= 4 is 5.91 Å². The summed E-state index contributed by atoms with van der Waals surface area (Å²) in [5.74, 6) is -0.0866. The Balaban J connectivity index is 2.65. The smallest absolute Gasteiger partial charge is 0.249 e. The second-order valence-corrected chi connectivity index (χ2v) is 4.02. The Morgan fingerprint density at radius 2 is 2.06 bits per heavy atom. The van der Waals surface area contributed by atoms with Gasteiger partial charge in [0.25, 0.3) is 0 Å². The molecule has 1 rings (SSSR count). The molecule has 16 heavy (non-hydrogen) atoms. The van der Waals surface area contributed by atoms with E-state index in [1.807, 2.05) is 32.0 Å². The molecule has 1 N–H and O–H groups in total. The van der Waals surface area contributed by atoms with Crippen molar-refractivity contribution in [3.63, 3.8) is 0 Å². The van der Waals surface area contributed by atoms with Gasteiger partial charge >= 0.3 is 0 Å². The normalized spacial score (nSPS) is 14.2. The number of hydrogen-bond donors (Lipinski definition) is 1. The van der Waals surface area contributed by atoms with Crippen molar-refractivity contribution < 1.29 is 9.53 Å². The van der Waals surface area contributed by atoms with Crippen molar-refractivity contribution in [2.45, 2.75) is 32.9 Å². The van der Waals surface area contributed by atoms with Crippen molar-refractivity contribution in [3.8, 4) is 0 Å². The number of rotatable bonds is 4. The summed E-state index contributed by atoms with van der Waals surface area (Å²) in [5, 5.41) is 2.91. The van der Waals surface area contributed by atoms with Gasteiger partial charge in [0.05, 0.1) is 6.04 Å². The molecule has 1 unspecified atom stereocenters. The van der Waals surface area contributed by atoms with E-state index in [9.17, 15) is 4.79 Å². The van der Waals surface area contributed by atoms with E-state index in [0.717, 1.165) is 5.56 Å². The first-order valence-electron chi connectivity index (χ1n) is 5.44. The van der Waals surface area contributed by atoms with Crippen molar-refractivity contribution in [2.24, 2.45) is 0 Å². The summed E-state index contributed by atoms with van der Waals surface area (Å²) in [6.07, 6.45) is -0.410. The molecule has 0 aromatic heterocycles. The molecule has 1 amide bonds. The van der Waals surface area contributed by atoms with Crippen LogP contribution < -0.4 is 5.32 Å². The van der Waals surface area contributed by atoms with Crippen LogP contribution in [0.5, 0.6) is 0 Å². The maximum Gasteiger partial charge on any atom is 0.249 e. The number of methoxy groups -OCH3 is 1. The fourth-order valence-corrected chi connectivity index (χ4v) is 1.46. The van der Waals surface area contributed by atoms with Crippen LogP contribution in [0.2, 0.25) is 0 Å². The lowest BCUT2D eigenvalue weighted by molar-refractivity contribution is -0.130. The van der Waals surface area contributed by atoms with Crippen LogP contribution in [0.4, 0.5) is 0 Å². The summed E-state index contributed by atoms with van der Waals surface area (Å²) in [6, 6.07) is 8.12. The van der Waals surface area contributed by atoms with E-state index < -0.39 is 6.10 Å². The summed E-state index contributed by atoms with van der Waals surface area (Å²) in [7, 11) is 1.53. The number of hydrogen-bond acceptors (Lipinski definition) is 2. The first kappa shape index (κ1) is 12.7. The molecule has 88 valence electrons. The van der Waals surface area contributed by atoms with Gasteiger partial charge in [0, 0.05) is 7.11 Å². The third-order valence-corrected chi connectivity index (χ3v) is 2.62. The quantitative estimate of drug-likeness (QED) is 0.846. The van der Waals surface area contributed by atoms with E-state index in [0.29, 0.717) is 0 Å². The van der Waals surface area contributed by atoms with Crippen molar-refractivity contribution in [1.29, 1.82) is 0 Å². The molecular weight excluding hydrogens is 202 g/mol. The first-order chi connectivity index (χ1) is 7.54. The van der Waals surface area contributed by atoms with Crippen molar-refractivity contribution in [2.75, 3.05) is 7.11 Å². The van der Waals surface area contributed by atoms with Gasteiger partial charge < -0.3 is 10.1 Å². The molecule has 1 aromatic rings. The standard InChI is InChI=1S/C13H19NO2/c1-9-6-5-7-12(8-9)10(2)14-13(15)11(3)16-4/h5-8,10-11H,1-4H3,(H,14,15)/t10-,11?/m1/s1. The topological polar surface area (TPSA) is 38.3 Å². The third kappa shape index (κ3) is 3.35. The third-order valence-electron chi connectivity index (χ3n) is 2.62. The molecule has 2 atom stereocenters. The molecule has 0 spiro atoms. The average Bonchev–Trinajstić information content (AvgIpc) is 2.27. The van der Waals surface area contributed by atoms with E-state index in [1.54, 1.807) is 6.92 Å². The van der Waals surface area contributed by atoms with Crippen molar-refractivity contribution in [3.05, 3.63) is 35.4 Å². The predicted octanol–water partition coefficient (Wildman–Crippen LogP) is 2.21. The second kappa shape index (κ2) is 5.66. The lowest BCUT2D eigenvalue weighted by atomic mass is 10.1. The molecule has 0 saturated carbocycles. The van der Waals surface area contributed by atoms with Crippen LogP contribution >= 0.6 is 0 Å². The lowest BCUT2D eigenvalue weighted by Gasteiger charge is -2.17. The number of nitrogens with one attached hydrogen (secondary N) is 1. The molecule has 0 fully saturated rings. The largest absolute Gasteiger partial charge is 0.372 e. The Labute approximate surface area is 96.8 Å². The van der Waals surface area contributed by atoms with Crippen LogP contribution in [0.3, 0.4) is 0 Å². The van der Waals surface area contributed by atoms with Crippen molar-refractivity contribution in [1.82, 2.24) is 5.32 Å². The van der Waals surface area contributed by atoms with Gasteiger partial charge in [0.1, 0.15) is 6.10 Å². The van der Waals surface area contributed by atoms with Gasteiger partial charge in [-0.25, -0.2) is 0 Å². The zero-order chi connectivity index (χ0) is 12.1. The predicted molar refractivity (Wildman–Crippen MR) is 64.2 cm³/mol. The van der Waals surface area contributed by atoms with Crippen LogP contribution in [0.15, 0.2) is 24.3 Å². The lowest BCUT2D eigenvalue weighted by Crippen LogP contribution is -2.35. The molecule has 0 saturated heterocycles. The van der Waals surface area contributed by atoms with Gasteiger partial charge in [0.2, 0.25) is 5.91 Å². The molecule has 0 heterocycles. The molecule has 0 aliphatic carbocycles. The Kier molecular flexibility index (Phi) is 4.50. The van der Waals surface area contributed by atoms with Crippen LogP contribution in [0.1, 0.15) is 31.0 Å². The minimum Gasteiger partial charge on any atom is -0.372 e. The number of benzene rings is 1. The Hall–Kier alpha value is -1.35.